The van der Waals surface area contributed by atoms with Crippen molar-refractivity contribution in [1.82, 2.24) is 9.55 Å². The average molecular weight is 399 g/mol. The number of fused-ring (bicyclic) bond motifs is 1. The normalized spacial score (nSPS) is 12.1. The van der Waals surface area contributed by atoms with E-state index < -0.39 is 17.6 Å². The standard InChI is InChI=1S/C20H21N3O4S/c1-4-12-6-8-13(9-7-12)21-17(24)11(3)23-15(5-2)22-18-16(19(23)25)14(10-28-18)20(26)27/h6-11H,4-5H2,1-3H3,(H,21,24)(H,26,27). The summed E-state index contributed by atoms with van der Waals surface area (Å²) in [5.41, 5.74) is 1.20. The Hall–Kier alpha value is -3.00. The zero-order valence-electron chi connectivity index (χ0n) is 15.9. The molecule has 28 heavy (non-hydrogen) atoms. The lowest BCUT2D eigenvalue weighted by atomic mass is 10.1. The van der Waals surface area contributed by atoms with Gasteiger partial charge in [-0.3, -0.25) is 14.2 Å². The first-order valence-electron chi connectivity index (χ1n) is 9.03. The van der Waals surface area contributed by atoms with Gasteiger partial charge in [-0.25, -0.2) is 9.78 Å². The summed E-state index contributed by atoms with van der Waals surface area (Å²) in [6.07, 6.45) is 1.34. The Labute approximate surface area is 165 Å². The minimum absolute atomic E-state index is 0.0432. The molecule has 0 fully saturated rings. The van der Waals surface area contributed by atoms with Gasteiger partial charge in [-0.1, -0.05) is 26.0 Å². The number of nitrogens with one attached hydrogen (secondary N) is 1. The number of anilines is 1. The molecule has 0 radical (unpaired) electrons. The third-order valence-electron chi connectivity index (χ3n) is 4.66. The van der Waals surface area contributed by atoms with Gasteiger partial charge in [0.1, 0.15) is 16.7 Å². The Morgan fingerprint density at radius 1 is 1.21 bits per heavy atom. The number of carbonyl (C=O) groups excluding carboxylic acids is 1. The lowest BCUT2D eigenvalue weighted by Crippen LogP contribution is -2.34. The molecule has 0 aliphatic rings. The minimum atomic E-state index is -1.19. The van der Waals surface area contributed by atoms with Crippen molar-refractivity contribution in [3.05, 3.63) is 57.0 Å². The van der Waals surface area contributed by atoms with Gasteiger partial charge in [0.05, 0.1) is 10.9 Å². The number of carboxylic acids is 1. The Bertz CT molecular complexity index is 1100. The van der Waals surface area contributed by atoms with Crippen LogP contribution in [0, 0.1) is 0 Å². The molecule has 2 N–H and O–H groups in total. The van der Waals surface area contributed by atoms with E-state index in [0.29, 0.717) is 22.8 Å². The van der Waals surface area contributed by atoms with Gasteiger partial charge >= 0.3 is 5.97 Å². The molecule has 2 aromatic heterocycles. The van der Waals surface area contributed by atoms with Gasteiger partial charge in [-0.15, -0.1) is 11.3 Å². The Morgan fingerprint density at radius 2 is 1.89 bits per heavy atom. The SMILES string of the molecule is CCc1ccc(NC(=O)C(C)n2c(CC)nc3scc(C(=O)O)c3c2=O)cc1. The summed E-state index contributed by atoms with van der Waals surface area (Å²) >= 11 is 1.12. The van der Waals surface area contributed by atoms with Crippen molar-refractivity contribution in [2.45, 2.75) is 39.7 Å². The summed E-state index contributed by atoms with van der Waals surface area (Å²) in [7, 11) is 0. The van der Waals surface area contributed by atoms with E-state index in [1.165, 1.54) is 9.95 Å². The zero-order valence-corrected chi connectivity index (χ0v) is 16.7. The molecule has 0 aliphatic heterocycles. The molecule has 0 aliphatic carbocycles. The number of nitrogens with zero attached hydrogens (tertiary/aromatic N) is 2. The first kappa shape index (κ1) is 19.8. The fourth-order valence-electron chi connectivity index (χ4n) is 3.04. The smallest absolute Gasteiger partial charge is 0.337 e. The predicted molar refractivity (Wildman–Crippen MR) is 109 cm³/mol. The molecule has 1 amide bonds. The van der Waals surface area contributed by atoms with Gasteiger partial charge in [0.15, 0.2) is 0 Å². The van der Waals surface area contributed by atoms with Gasteiger partial charge in [0.25, 0.3) is 5.56 Å². The highest BCUT2D eigenvalue weighted by atomic mass is 32.1. The van der Waals surface area contributed by atoms with Crippen molar-refractivity contribution in [2.75, 3.05) is 5.32 Å². The number of amides is 1. The van der Waals surface area contributed by atoms with Crippen LogP contribution in [-0.4, -0.2) is 26.5 Å². The number of carbonyl (C=O) groups is 2. The molecule has 146 valence electrons. The van der Waals surface area contributed by atoms with Crippen molar-refractivity contribution in [3.63, 3.8) is 0 Å². The molecule has 1 atom stereocenters. The van der Waals surface area contributed by atoms with Gasteiger partial charge in [0, 0.05) is 17.5 Å². The summed E-state index contributed by atoms with van der Waals surface area (Å²) in [5.74, 6) is -1.11. The number of carboxylic acid groups (broad SMARTS) is 1. The molecule has 8 heteroatoms. The van der Waals surface area contributed by atoms with Gasteiger partial charge in [-0.05, 0) is 31.0 Å². The van der Waals surface area contributed by atoms with E-state index in [4.69, 9.17) is 0 Å². The van der Waals surface area contributed by atoms with E-state index in [1.54, 1.807) is 6.92 Å². The number of thiophene rings is 1. The zero-order chi connectivity index (χ0) is 20.4. The lowest BCUT2D eigenvalue weighted by molar-refractivity contribution is -0.118. The van der Waals surface area contributed by atoms with Crippen molar-refractivity contribution in [1.29, 1.82) is 0 Å². The average Bonchev–Trinajstić information content (AvgIpc) is 3.12. The highest BCUT2D eigenvalue weighted by molar-refractivity contribution is 7.17. The van der Waals surface area contributed by atoms with Crippen LogP contribution in [0.25, 0.3) is 10.2 Å². The van der Waals surface area contributed by atoms with E-state index in [-0.39, 0.29) is 16.9 Å². The molecular formula is C20H21N3O4S. The third kappa shape index (κ3) is 3.55. The number of aryl methyl sites for hydroxylation is 2. The molecule has 7 nitrogen and oxygen atoms in total. The Balaban J connectivity index is 2.01. The number of hydrogen-bond donors (Lipinski definition) is 2. The quantitative estimate of drug-likeness (QED) is 0.661. The lowest BCUT2D eigenvalue weighted by Gasteiger charge is -2.18. The highest BCUT2D eigenvalue weighted by Crippen LogP contribution is 2.23. The van der Waals surface area contributed by atoms with E-state index in [0.717, 1.165) is 23.3 Å². The number of rotatable bonds is 6. The van der Waals surface area contributed by atoms with Gasteiger partial charge < -0.3 is 10.4 Å². The van der Waals surface area contributed by atoms with Crippen LogP contribution in [0.4, 0.5) is 5.69 Å². The maximum atomic E-state index is 13.1. The summed E-state index contributed by atoms with van der Waals surface area (Å²) < 4.78 is 1.29. The summed E-state index contributed by atoms with van der Waals surface area (Å²) in [5, 5.41) is 13.6. The molecule has 0 spiro atoms. The molecule has 0 saturated carbocycles. The second-order valence-electron chi connectivity index (χ2n) is 6.41. The maximum Gasteiger partial charge on any atom is 0.337 e. The predicted octanol–water partition coefficient (Wildman–Crippen LogP) is 3.48. The second-order valence-corrected chi connectivity index (χ2v) is 7.27. The van der Waals surface area contributed by atoms with E-state index in [2.05, 4.69) is 10.3 Å². The molecule has 3 rings (SSSR count). The molecule has 1 unspecified atom stereocenters. The van der Waals surface area contributed by atoms with Crippen LogP contribution in [0.1, 0.15) is 48.6 Å². The monoisotopic (exact) mass is 399 g/mol. The number of hydrogen-bond acceptors (Lipinski definition) is 5. The van der Waals surface area contributed by atoms with Gasteiger partial charge in [-0.2, -0.15) is 0 Å². The third-order valence-corrected chi connectivity index (χ3v) is 5.53. The molecule has 0 saturated heterocycles. The van der Waals surface area contributed by atoms with Crippen molar-refractivity contribution < 1.29 is 14.7 Å². The van der Waals surface area contributed by atoms with E-state index in [9.17, 15) is 19.5 Å². The minimum Gasteiger partial charge on any atom is -0.478 e. The van der Waals surface area contributed by atoms with Crippen LogP contribution in [0.2, 0.25) is 0 Å². The highest BCUT2D eigenvalue weighted by Gasteiger charge is 2.24. The van der Waals surface area contributed by atoms with Crippen molar-refractivity contribution in [3.8, 4) is 0 Å². The maximum absolute atomic E-state index is 13.1. The Kier molecular flexibility index (Phi) is 5.60. The molecular weight excluding hydrogens is 378 g/mol. The molecule has 1 aromatic carbocycles. The largest absolute Gasteiger partial charge is 0.478 e. The van der Waals surface area contributed by atoms with Crippen LogP contribution in [-0.2, 0) is 17.6 Å². The van der Waals surface area contributed by atoms with Crippen LogP contribution < -0.4 is 10.9 Å². The molecule has 2 heterocycles. The topological polar surface area (TPSA) is 101 Å². The molecule has 0 bridgehead atoms. The van der Waals surface area contributed by atoms with Gasteiger partial charge in [0.2, 0.25) is 5.91 Å². The van der Waals surface area contributed by atoms with Crippen LogP contribution >= 0.6 is 11.3 Å². The summed E-state index contributed by atoms with van der Waals surface area (Å²) in [4.78, 5) is 42.1. The summed E-state index contributed by atoms with van der Waals surface area (Å²) in [6.45, 7) is 5.49. The number of aromatic nitrogens is 2. The van der Waals surface area contributed by atoms with Crippen LogP contribution in [0.3, 0.4) is 0 Å². The van der Waals surface area contributed by atoms with Crippen molar-refractivity contribution in [2.24, 2.45) is 0 Å². The van der Waals surface area contributed by atoms with E-state index in [1.807, 2.05) is 38.1 Å². The molecule has 3 aromatic rings. The van der Waals surface area contributed by atoms with Crippen LogP contribution in [0.15, 0.2) is 34.4 Å². The fraction of sp³-hybridized carbons (Fsp3) is 0.300. The first-order valence-corrected chi connectivity index (χ1v) is 9.91. The number of aromatic carboxylic acids is 1. The van der Waals surface area contributed by atoms with Crippen LogP contribution in [0.5, 0.6) is 0 Å². The summed E-state index contributed by atoms with van der Waals surface area (Å²) in [6, 6.07) is 6.65. The van der Waals surface area contributed by atoms with Crippen molar-refractivity contribution >= 4 is 39.1 Å². The second kappa shape index (κ2) is 7.93. The Morgan fingerprint density at radius 3 is 2.46 bits per heavy atom. The van der Waals surface area contributed by atoms with E-state index >= 15 is 0 Å². The number of benzene rings is 1. The fourth-order valence-corrected chi connectivity index (χ4v) is 3.96. The first-order chi connectivity index (χ1) is 13.4.